The van der Waals surface area contributed by atoms with Crippen molar-refractivity contribution in [3.05, 3.63) is 64.7 Å². The highest BCUT2D eigenvalue weighted by atomic mass is 35.5. The molecule has 0 aliphatic carbocycles. The van der Waals surface area contributed by atoms with E-state index in [9.17, 15) is 14.4 Å². The van der Waals surface area contributed by atoms with Crippen molar-refractivity contribution >= 4 is 35.0 Å². The molecule has 142 valence electrons. The van der Waals surface area contributed by atoms with E-state index >= 15 is 0 Å². The Kier molecular flexibility index (Phi) is 5.97. The molecule has 2 aromatic carbocycles. The normalized spacial score (nSPS) is 15.7. The zero-order chi connectivity index (χ0) is 20.1. The first-order valence-electron chi connectivity index (χ1n) is 8.66. The van der Waals surface area contributed by atoms with Gasteiger partial charge >= 0.3 is 0 Å². The maximum Gasteiger partial charge on any atom is 0.248 e. The first-order chi connectivity index (χ1) is 13.4. The average molecular weight is 396 g/mol. The number of carbonyl (C=O) groups excluding carboxylic acids is 3. The molecule has 3 N–H and O–H groups in total. The van der Waals surface area contributed by atoms with Gasteiger partial charge in [-0.1, -0.05) is 23.4 Å². The van der Waals surface area contributed by atoms with E-state index in [4.69, 9.17) is 17.3 Å². The van der Waals surface area contributed by atoms with Crippen LogP contribution in [0.1, 0.15) is 22.3 Å². The molecule has 1 saturated heterocycles. The lowest BCUT2D eigenvalue weighted by atomic mass is 10.1. The first kappa shape index (κ1) is 19.5. The highest BCUT2D eigenvalue weighted by molar-refractivity contribution is 6.30. The number of nitrogens with zero attached hydrogens (tertiary/aromatic N) is 1. The number of nitrogens with one attached hydrogen (secondary N) is 1. The highest BCUT2D eigenvalue weighted by Crippen LogP contribution is 2.26. The third kappa shape index (κ3) is 4.70. The standard InChI is InChI=1S/C21H18ClN3O3/c22-17-7-9-18(10-8-17)25-13-16(12-19(25)26)21(28)24-11-1-2-14-3-5-15(6-4-14)20(23)27/h3-10,16H,11-13H2,(H2,23,27)(H,24,28). The van der Waals surface area contributed by atoms with Gasteiger partial charge in [0.25, 0.3) is 0 Å². The Morgan fingerprint density at radius 2 is 1.82 bits per heavy atom. The second kappa shape index (κ2) is 8.59. The summed E-state index contributed by atoms with van der Waals surface area (Å²) in [5.74, 6) is 4.54. The zero-order valence-electron chi connectivity index (χ0n) is 14.9. The summed E-state index contributed by atoms with van der Waals surface area (Å²) in [6.45, 7) is 0.496. The molecule has 0 spiro atoms. The van der Waals surface area contributed by atoms with Crippen LogP contribution in [0.3, 0.4) is 0 Å². The van der Waals surface area contributed by atoms with Gasteiger partial charge in [-0.2, -0.15) is 0 Å². The topological polar surface area (TPSA) is 92.5 Å². The number of hydrogen-bond acceptors (Lipinski definition) is 3. The SMILES string of the molecule is NC(=O)c1ccc(C#CCNC(=O)C2CC(=O)N(c3ccc(Cl)cc3)C2)cc1. The van der Waals surface area contributed by atoms with Gasteiger partial charge < -0.3 is 16.0 Å². The Labute approximate surface area is 167 Å². The van der Waals surface area contributed by atoms with E-state index in [0.717, 1.165) is 5.69 Å². The van der Waals surface area contributed by atoms with Gasteiger partial charge in [-0.15, -0.1) is 0 Å². The number of nitrogens with two attached hydrogens (primary N) is 1. The summed E-state index contributed by atoms with van der Waals surface area (Å²) in [6, 6.07) is 13.5. The Bertz CT molecular complexity index is 959. The average Bonchev–Trinajstić information content (AvgIpc) is 3.08. The van der Waals surface area contributed by atoms with Crippen LogP contribution in [0.4, 0.5) is 5.69 Å². The Hall–Kier alpha value is -3.30. The van der Waals surface area contributed by atoms with Gasteiger partial charge in [0.2, 0.25) is 17.7 Å². The predicted molar refractivity (Wildman–Crippen MR) is 107 cm³/mol. The molecule has 1 heterocycles. The van der Waals surface area contributed by atoms with Gasteiger partial charge in [-0.3, -0.25) is 14.4 Å². The number of hydrogen-bond donors (Lipinski definition) is 2. The molecule has 1 aliphatic heterocycles. The second-order valence-electron chi connectivity index (χ2n) is 6.34. The van der Waals surface area contributed by atoms with Gasteiger partial charge in [-0.25, -0.2) is 0 Å². The fourth-order valence-electron chi connectivity index (χ4n) is 2.89. The van der Waals surface area contributed by atoms with Crippen molar-refractivity contribution in [1.82, 2.24) is 5.32 Å². The molecular formula is C21H18ClN3O3. The zero-order valence-corrected chi connectivity index (χ0v) is 15.7. The van der Waals surface area contributed by atoms with Crippen molar-refractivity contribution in [3.8, 4) is 11.8 Å². The van der Waals surface area contributed by atoms with Crippen LogP contribution in [0.2, 0.25) is 5.02 Å². The fraction of sp³-hybridized carbons (Fsp3) is 0.190. The van der Waals surface area contributed by atoms with Gasteiger partial charge in [0.05, 0.1) is 12.5 Å². The van der Waals surface area contributed by atoms with Crippen LogP contribution in [0, 0.1) is 17.8 Å². The predicted octanol–water partition coefficient (Wildman–Crippen LogP) is 1.96. The Morgan fingerprint density at radius 1 is 1.14 bits per heavy atom. The highest BCUT2D eigenvalue weighted by Gasteiger charge is 2.34. The van der Waals surface area contributed by atoms with E-state index in [0.29, 0.717) is 22.7 Å². The molecule has 1 atom stereocenters. The number of rotatable bonds is 4. The smallest absolute Gasteiger partial charge is 0.248 e. The Balaban J connectivity index is 1.52. The van der Waals surface area contributed by atoms with Crippen molar-refractivity contribution in [1.29, 1.82) is 0 Å². The van der Waals surface area contributed by atoms with Crippen molar-refractivity contribution in [2.24, 2.45) is 11.7 Å². The molecular weight excluding hydrogens is 378 g/mol. The van der Waals surface area contributed by atoms with E-state index in [-0.39, 0.29) is 24.8 Å². The molecule has 2 aromatic rings. The molecule has 3 amide bonds. The van der Waals surface area contributed by atoms with E-state index in [1.54, 1.807) is 53.4 Å². The summed E-state index contributed by atoms with van der Waals surface area (Å²) in [5.41, 5.74) is 7.04. The van der Waals surface area contributed by atoms with Crippen LogP contribution < -0.4 is 16.0 Å². The summed E-state index contributed by atoms with van der Waals surface area (Å²) in [6.07, 6.45) is 0.163. The third-order valence-electron chi connectivity index (χ3n) is 4.39. The quantitative estimate of drug-likeness (QED) is 0.775. The minimum Gasteiger partial charge on any atom is -0.366 e. The van der Waals surface area contributed by atoms with E-state index in [1.807, 2.05) is 0 Å². The number of carbonyl (C=O) groups is 3. The first-order valence-corrected chi connectivity index (χ1v) is 9.04. The maximum atomic E-state index is 12.3. The minimum absolute atomic E-state index is 0.0944. The van der Waals surface area contributed by atoms with Crippen LogP contribution in [-0.2, 0) is 9.59 Å². The molecule has 0 radical (unpaired) electrons. The number of primary amides is 1. The molecule has 0 aromatic heterocycles. The molecule has 28 heavy (non-hydrogen) atoms. The summed E-state index contributed by atoms with van der Waals surface area (Å²) < 4.78 is 0. The number of amides is 3. The summed E-state index contributed by atoms with van der Waals surface area (Å²) in [5, 5.41) is 3.33. The van der Waals surface area contributed by atoms with Gasteiger partial charge in [-0.05, 0) is 48.5 Å². The fourth-order valence-corrected chi connectivity index (χ4v) is 3.02. The lowest BCUT2D eigenvalue weighted by Gasteiger charge is -2.16. The van der Waals surface area contributed by atoms with Crippen molar-refractivity contribution < 1.29 is 14.4 Å². The molecule has 0 saturated carbocycles. The summed E-state index contributed by atoms with van der Waals surface area (Å²) >= 11 is 5.87. The monoisotopic (exact) mass is 395 g/mol. The number of halogens is 1. The summed E-state index contributed by atoms with van der Waals surface area (Å²) in [7, 11) is 0. The lowest BCUT2D eigenvalue weighted by Crippen LogP contribution is -2.33. The number of anilines is 1. The van der Waals surface area contributed by atoms with Crippen LogP contribution >= 0.6 is 11.6 Å². The van der Waals surface area contributed by atoms with Gasteiger partial charge in [0, 0.05) is 34.8 Å². The van der Waals surface area contributed by atoms with Crippen LogP contribution in [0.25, 0.3) is 0 Å². The molecule has 1 fully saturated rings. The van der Waals surface area contributed by atoms with Crippen molar-refractivity contribution in [2.75, 3.05) is 18.0 Å². The van der Waals surface area contributed by atoms with Crippen LogP contribution in [0.15, 0.2) is 48.5 Å². The van der Waals surface area contributed by atoms with Gasteiger partial charge in [0.15, 0.2) is 0 Å². The van der Waals surface area contributed by atoms with E-state index in [1.165, 1.54) is 0 Å². The van der Waals surface area contributed by atoms with Crippen LogP contribution in [0.5, 0.6) is 0 Å². The molecule has 6 nitrogen and oxygen atoms in total. The molecule has 0 bridgehead atoms. The minimum atomic E-state index is -0.495. The van der Waals surface area contributed by atoms with Crippen molar-refractivity contribution in [2.45, 2.75) is 6.42 Å². The molecule has 1 aliphatic rings. The molecule has 1 unspecified atom stereocenters. The largest absolute Gasteiger partial charge is 0.366 e. The maximum absolute atomic E-state index is 12.3. The molecule has 7 heteroatoms. The lowest BCUT2D eigenvalue weighted by molar-refractivity contribution is -0.126. The summed E-state index contributed by atoms with van der Waals surface area (Å²) in [4.78, 5) is 37.2. The Morgan fingerprint density at radius 3 is 2.46 bits per heavy atom. The van der Waals surface area contributed by atoms with Crippen LogP contribution in [-0.4, -0.2) is 30.8 Å². The van der Waals surface area contributed by atoms with E-state index < -0.39 is 11.8 Å². The van der Waals surface area contributed by atoms with Gasteiger partial charge in [0.1, 0.15) is 0 Å². The van der Waals surface area contributed by atoms with Crippen molar-refractivity contribution in [3.63, 3.8) is 0 Å². The molecule has 3 rings (SSSR count). The number of benzene rings is 2. The van der Waals surface area contributed by atoms with E-state index in [2.05, 4.69) is 17.2 Å². The second-order valence-corrected chi connectivity index (χ2v) is 6.78. The third-order valence-corrected chi connectivity index (χ3v) is 4.64.